The second kappa shape index (κ2) is 7.29. The lowest BCUT2D eigenvalue weighted by molar-refractivity contribution is 0.0671. The molecule has 134 valence electrons. The van der Waals surface area contributed by atoms with Crippen LogP contribution in [0.15, 0.2) is 41.1 Å². The Morgan fingerprint density at radius 2 is 2.19 bits per heavy atom. The number of amides is 2. The number of carbonyl (C=O) groups is 2. The third-order valence-corrected chi connectivity index (χ3v) is 5.49. The van der Waals surface area contributed by atoms with Crippen LogP contribution in [0.5, 0.6) is 0 Å². The van der Waals surface area contributed by atoms with E-state index in [4.69, 9.17) is 0 Å². The van der Waals surface area contributed by atoms with Crippen LogP contribution in [0.4, 0.5) is 0 Å². The number of hydrogen-bond donors (Lipinski definition) is 2. The number of thiophene rings is 1. The summed E-state index contributed by atoms with van der Waals surface area (Å²) in [5.74, 6) is 0.171. The van der Waals surface area contributed by atoms with E-state index in [2.05, 4.69) is 15.5 Å². The van der Waals surface area contributed by atoms with Crippen LogP contribution in [0, 0.1) is 5.92 Å². The molecule has 0 radical (unpaired) electrons. The average molecular weight is 368 g/mol. The molecule has 6 nitrogen and oxygen atoms in total. The van der Waals surface area contributed by atoms with Crippen LogP contribution in [-0.2, 0) is 0 Å². The van der Waals surface area contributed by atoms with Gasteiger partial charge in [0, 0.05) is 30.4 Å². The summed E-state index contributed by atoms with van der Waals surface area (Å²) in [6.45, 7) is 2.01. The second-order valence-electron chi connectivity index (χ2n) is 6.60. The van der Waals surface area contributed by atoms with E-state index in [9.17, 15) is 9.59 Å². The van der Waals surface area contributed by atoms with Gasteiger partial charge < -0.3 is 10.2 Å². The molecule has 2 amide bonds. The van der Waals surface area contributed by atoms with Gasteiger partial charge in [0.2, 0.25) is 0 Å². The van der Waals surface area contributed by atoms with Crippen LogP contribution in [0.25, 0.3) is 10.9 Å². The first-order chi connectivity index (χ1) is 12.7. The Morgan fingerprint density at radius 3 is 3.04 bits per heavy atom. The molecule has 7 heteroatoms. The Balaban J connectivity index is 1.37. The number of likely N-dealkylation sites (tertiary alicyclic amines) is 1. The van der Waals surface area contributed by atoms with Crippen molar-refractivity contribution in [2.75, 3.05) is 19.6 Å². The fourth-order valence-corrected chi connectivity index (χ4v) is 4.07. The summed E-state index contributed by atoms with van der Waals surface area (Å²) >= 11 is 1.53. The van der Waals surface area contributed by atoms with Crippen LogP contribution in [-0.4, -0.2) is 46.5 Å². The van der Waals surface area contributed by atoms with Crippen molar-refractivity contribution in [1.82, 2.24) is 20.4 Å². The van der Waals surface area contributed by atoms with Crippen molar-refractivity contribution in [3.05, 3.63) is 52.3 Å². The molecule has 4 rings (SSSR count). The molecule has 1 fully saturated rings. The van der Waals surface area contributed by atoms with E-state index < -0.39 is 0 Å². The summed E-state index contributed by atoms with van der Waals surface area (Å²) in [6, 6.07) is 9.44. The quantitative estimate of drug-likeness (QED) is 0.743. The zero-order valence-corrected chi connectivity index (χ0v) is 15.1. The first-order valence-corrected chi connectivity index (χ1v) is 9.69. The van der Waals surface area contributed by atoms with Gasteiger partial charge in [0.1, 0.15) is 0 Å². The Hall–Kier alpha value is -2.67. The van der Waals surface area contributed by atoms with Gasteiger partial charge in [-0.1, -0.05) is 18.2 Å². The van der Waals surface area contributed by atoms with E-state index in [0.717, 1.165) is 35.9 Å². The molecule has 1 aliphatic rings. The minimum absolute atomic E-state index is 0.0839. The topological polar surface area (TPSA) is 78.1 Å². The third kappa shape index (κ3) is 3.35. The highest BCUT2D eigenvalue weighted by Crippen LogP contribution is 2.20. The lowest BCUT2D eigenvalue weighted by Gasteiger charge is -2.32. The molecule has 1 atom stereocenters. The Bertz CT molecular complexity index is 919. The number of nitrogens with zero attached hydrogens (tertiary/aromatic N) is 2. The fraction of sp³-hybridized carbons (Fsp3) is 0.316. The van der Waals surface area contributed by atoms with Crippen LogP contribution >= 0.6 is 11.3 Å². The molecule has 0 unspecified atom stereocenters. The number of hydrogen-bond acceptors (Lipinski definition) is 4. The molecule has 0 saturated carbocycles. The first kappa shape index (κ1) is 16.8. The number of aromatic amines is 1. The third-order valence-electron chi connectivity index (χ3n) is 4.81. The smallest absolute Gasteiger partial charge is 0.272 e. The molecule has 0 spiro atoms. The zero-order valence-electron chi connectivity index (χ0n) is 14.3. The van der Waals surface area contributed by atoms with Gasteiger partial charge in [-0.2, -0.15) is 16.4 Å². The van der Waals surface area contributed by atoms with Crippen molar-refractivity contribution >= 4 is 34.1 Å². The highest BCUT2D eigenvalue weighted by atomic mass is 32.1. The summed E-state index contributed by atoms with van der Waals surface area (Å²) in [7, 11) is 0. The van der Waals surface area contributed by atoms with Gasteiger partial charge in [-0.05, 0) is 36.3 Å². The number of piperidine rings is 1. The number of nitrogens with one attached hydrogen (secondary N) is 2. The van der Waals surface area contributed by atoms with Crippen molar-refractivity contribution in [2.24, 2.45) is 5.92 Å². The molecule has 3 heterocycles. The van der Waals surface area contributed by atoms with Gasteiger partial charge >= 0.3 is 0 Å². The highest BCUT2D eigenvalue weighted by molar-refractivity contribution is 7.08. The van der Waals surface area contributed by atoms with E-state index >= 15 is 0 Å². The summed E-state index contributed by atoms with van der Waals surface area (Å²) in [5, 5.41) is 14.6. The molecule has 0 aliphatic carbocycles. The van der Waals surface area contributed by atoms with Crippen LogP contribution in [0.1, 0.15) is 33.7 Å². The molecule has 2 aromatic heterocycles. The zero-order chi connectivity index (χ0) is 17.9. The summed E-state index contributed by atoms with van der Waals surface area (Å²) in [6.07, 6.45) is 1.97. The summed E-state index contributed by atoms with van der Waals surface area (Å²) in [4.78, 5) is 26.9. The number of rotatable bonds is 4. The molecule has 26 heavy (non-hydrogen) atoms. The number of benzene rings is 1. The van der Waals surface area contributed by atoms with Crippen molar-refractivity contribution in [3.8, 4) is 0 Å². The minimum atomic E-state index is -0.177. The van der Waals surface area contributed by atoms with Crippen molar-refractivity contribution in [3.63, 3.8) is 0 Å². The average Bonchev–Trinajstić information content (AvgIpc) is 3.35. The fourth-order valence-electron chi connectivity index (χ4n) is 3.44. The predicted octanol–water partition coefficient (Wildman–Crippen LogP) is 2.91. The van der Waals surface area contributed by atoms with E-state index in [1.807, 2.05) is 46.0 Å². The number of para-hydroxylation sites is 1. The van der Waals surface area contributed by atoms with Gasteiger partial charge in [-0.3, -0.25) is 14.7 Å². The van der Waals surface area contributed by atoms with Crippen LogP contribution in [0.3, 0.4) is 0 Å². The maximum Gasteiger partial charge on any atom is 0.272 e. The molecule has 1 saturated heterocycles. The van der Waals surface area contributed by atoms with E-state index in [-0.39, 0.29) is 17.7 Å². The van der Waals surface area contributed by atoms with Crippen molar-refractivity contribution in [2.45, 2.75) is 12.8 Å². The maximum atomic E-state index is 12.5. The number of H-pyrrole nitrogens is 1. The largest absolute Gasteiger partial charge is 0.350 e. The van der Waals surface area contributed by atoms with Gasteiger partial charge in [0.15, 0.2) is 5.69 Å². The normalized spacial score (nSPS) is 17.4. The number of carbonyl (C=O) groups excluding carboxylic acids is 2. The van der Waals surface area contributed by atoms with Crippen LogP contribution < -0.4 is 5.32 Å². The molecular formula is C19H20N4O2S. The van der Waals surface area contributed by atoms with E-state index in [0.29, 0.717) is 18.8 Å². The molecule has 1 aromatic carbocycles. The lowest BCUT2D eigenvalue weighted by atomic mass is 9.97. The highest BCUT2D eigenvalue weighted by Gasteiger charge is 2.25. The Morgan fingerprint density at radius 1 is 1.31 bits per heavy atom. The summed E-state index contributed by atoms with van der Waals surface area (Å²) < 4.78 is 0. The van der Waals surface area contributed by atoms with Crippen molar-refractivity contribution < 1.29 is 9.59 Å². The van der Waals surface area contributed by atoms with E-state index in [1.165, 1.54) is 11.3 Å². The van der Waals surface area contributed by atoms with Crippen LogP contribution in [0.2, 0.25) is 0 Å². The van der Waals surface area contributed by atoms with Gasteiger partial charge in [-0.25, -0.2) is 0 Å². The lowest BCUT2D eigenvalue weighted by Crippen LogP contribution is -2.43. The molecule has 3 aromatic rings. The monoisotopic (exact) mass is 368 g/mol. The van der Waals surface area contributed by atoms with Gasteiger partial charge in [-0.15, -0.1) is 0 Å². The summed E-state index contributed by atoms with van der Waals surface area (Å²) in [5.41, 5.74) is 2.02. The molecule has 2 N–H and O–H groups in total. The Labute approximate surface area is 155 Å². The number of fused-ring (bicyclic) bond motifs is 1. The Kier molecular flexibility index (Phi) is 4.71. The van der Waals surface area contributed by atoms with Gasteiger partial charge in [0.25, 0.3) is 11.8 Å². The van der Waals surface area contributed by atoms with Gasteiger partial charge in [0.05, 0.1) is 11.1 Å². The number of aromatic nitrogens is 2. The first-order valence-electron chi connectivity index (χ1n) is 8.75. The van der Waals surface area contributed by atoms with Crippen molar-refractivity contribution in [1.29, 1.82) is 0 Å². The predicted molar refractivity (Wildman–Crippen MR) is 101 cm³/mol. The molecular weight excluding hydrogens is 348 g/mol. The minimum Gasteiger partial charge on any atom is -0.350 e. The molecule has 0 bridgehead atoms. The SMILES string of the molecule is O=C(NC[C@H]1CCCN(C(=O)c2ccsc2)C1)c1n[nH]c2ccccc12. The second-order valence-corrected chi connectivity index (χ2v) is 7.38. The molecule has 1 aliphatic heterocycles. The van der Waals surface area contributed by atoms with E-state index in [1.54, 1.807) is 0 Å². The maximum absolute atomic E-state index is 12.5. The standard InChI is InChI=1S/C19H20N4O2S/c24-18(17-15-5-1-2-6-16(15)21-22-17)20-10-13-4-3-8-23(11-13)19(25)14-7-9-26-12-14/h1-2,5-7,9,12-13H,3-4,8,10-11H2,(H,20,24)(H,21,22)/t13-/m1/s1.